The maximum absolute atomic E-state index is 12.9. The molecule has 4 rings (SSSR count). The van der Waals surface area contributed by atoms with Crippen molar-refractivity contribution in [1.82, 2.24) is 9.88 Å². The van der Waals surface area contributed by atoms with Gasteiger partial charge in [-0.1, -0.05) is 6.92 Å². The van der Waals surface area contributed by atoms with E-state index in [2.05, 4.69) is 22.2 Å². The SMILES string of the molecule is C[C@H]1CCc2c(C(=O)N3CCN(c4nccs4)CC3)csc2C1. The summed E-state index contributed by atoms with van der Waals surface area (Å²) in [5.74, 6) is 0.988. The van der Waals surface area contributed by atoms with Crippen molar-refractivity contribution in [2.24, 2.45) is 5.92 Å². The molecule has 0 saturated carbocycles. The highest BCUT2D eigenvalue weighted by Gasteiger charge is 2.28. The second-order valence-electron chi connectivity index (χ2n) is 6.49. The van der Waals surface area contributed by atoms with Crippen molar-refractivity contribution >= 4 is 33.7 Å². The minimum Gasteiger partial charge on any atom is -0.345 e. The number of amides is 1. The average molecular weight is 348 g/mol. The van der Waals surface area contributed by atoms with E-state index in [1.54, 1.807) is 22.7 Å². The second kappa shape index (κ2) is 6.24. The number of hydrogen-bond donors (Lipinski definition) is 0. The summed E-state index contributed by atoms with van der Waals surface area (Å²) in [6.45, 7) is 5.64. The summed E-state index contributed by atoms with van der Waals surface area (Å²) in [5.41, 5.74) is 2.31. The fourth-order valence-corrected chi connectivity index (χ4v) is 5.43. The number of fused-ring (bicyclic) bond motifs is 1. The van der Waals surface area contributed by atoms with Gasteiger partial charge in [0, 0.05) is 48.0 Å². The van der Waals surface area contributed by atoms with Crippen LogP contribution in [0.2, 0.25) is 0 Å². The van der Waals surface area contributed by atoms with Crippen LogP contribution in [0.1, 0.15) is 34.1 Å². The van der Waals surface area contributed by atoms with E-state index >= 15 is 0 Å². The van der Waals surface area contributed by atoms with Crippen molar-refractivity contribution in [3.63, 3.8) is 0 Å². The molecule has 2 aromatic heterocycles. The quantitative estimate of drug-likeness (QED) is 0.836. The van der Waals surface area contributed by atoms with Crippen molar-refractivity contribution in [2.45, 2.75) is 26.2 Å². The van der Waals surface area contributed by atoms with Gasteiger partial charge in [-0.15, -0.1) is 22.7 Å². The largest absolute Gasteiger partial charge is 0.345 e. The summed E-state index contributed by atoms with van der Waals surface area (Å²) in [4.78, 5) is 23.0. The van der Waals surface area contributed by atoms with Gasteiger partial charge in [-0.05, 0) is 30.7 Å². The first-order chi connectivity index (χ1) is 11.2. The predicted molar refractivity (Wildman–Crippen MR) is 95.7 cm³/mol. The van der Waals surface area contributed by atoms with Crippen LogP contribution >= 0.6 is 22.7 Å². The minimum absolute atomic E-state index is 0.232. The highest BCUT2D eigenvalue weighted by Crippen LogP contribution is 2.33. The third-order valence-electron chi connectivity index (χ3n) is 4.89. The molecule has 1 atom stereocenters. The highest BCUT2D eigenvalue weighted by molar-refractivity contribution is 7.13. The average Bonchev–Trinajstić information content (AvgIpc) is 3.23. The van der Waals surface area contributed by atoms with Crippen LogP contribution in [0, 0.1) is 5.92 Å². The van der Waals surface area contributed by atoms with Crippen LogP contribution in [0.3, 0.4) is 0 Å². The topological polar surface area (TPSA) is 36.4 Å². The Morgan fingerprint density at radius 1 is 1.26 bits per heavy atom. The number of carbonyl (C=O) groups excluding carboxylic acids is 1. The van der Waals surface area contributed by atoms with Gasteiger partial charge in [-0.2, -0.15) is 0 Å². The standard InChI is InChI=1S/C17H21N3OS2/c1-12-2-3-13-14(11-23-15(13)10-12)16(21)19-5-7-20(8-6-19)17-18-4-9-22-17/h4,9,11-12H,2-3,5-8,10H2,1H3/t12-/m0/s1. The van der Waals surface area contributed by atoms with Crippen molar-refractivity contribution in [3.05, 3.63) is 33.0 Å². The molecule has 2 aliphatic rings. The Morgan fingerprint density at radius 2 is 2.09 bits per heavy atom. The van der Waals surface area contributed by atoms with Crippen LogP contribution < -0.4 is 4.90 Å². The number of piperazine rings is 1. The van der Waals surface area contributed by atoms with E-state index in [4.69, 9.17) is 0 Å². The molecule has 4 nitrogen and oxygen atoms in total. The van der Waals surface area contributed by atoms with E-state index in [1.807, 2.05) is 16.5 Å². The van der Waals surface area contributed by atoms with Crippen LogP contribution in [0.15, 0.2) is 17.0 Å². The molecule has 6 heteroatoms. The zero-order valence-corrected chi connectivity index (χ0v) is 15.0. The summed E-state index contributed by atoms with van der Waals surface area (Å²) in [6, 6.07) is 0. The lowest BCUT2D eigenvalue weighted by atomic mass is 9.88. The van der Waals surface area contributed by atoms with Gasteiger partial charge in [0.15, 0.2) is 5.13 Å². The van der Waals surface area contributed by atoms with Gasteiger partial charge >= 0.3 is 0 Å². The van der Waals surface area contributed by atoms with Crippen LogP contribution in [0.25, 0.3) is 0 Å². The Hall–Kier alpha value is -1.40. The number of nitrogens with zero attached hydrogens (tertiary/aromatic N) is 3. The Kier molecular flexibility index (Phi) is 4.11. The summed E-state index contributed by atoms with van der Waals surface area (Å²) in [6.07, 6.45) is 5.27. The van der Waals surface area contributed by atoms with Crippen LogP contribution in [-0.2, 0) is 12.8 Å². The Labute approximate surface area is 144 Å². The first-order valence-electron chi connectivity index (χ1n) is 8.25. The van der Waals surface area contributed by atoms with E-state index in [-0.39, 0.29) is 5.91 Å². The van der Waals surface area contributed by atoms with Gasteiger partial charge in [0.2, 0.25) is 0 Å². The zero-order chi connectivity index (χ0) is 15.8. The maximum Gasteiger partial charge on any atom is 0.255 e. The molecule has 0 unspecified atom stereocenters. The number of rotatable bonds is 2. The van der Waals surface area contributed by atoms with Gasteiger partial charge in [-0.25, -0.2) is 4.98 Å². The number of anilines is 1. The number of aromatic nitrogens is 1. The molecule has 1 saturated heterocycles. The number of thiazole rings is 1. The first kappa shape index (κ1) is 15.1. The number of carbonyl (C=O) groups is 1. The third-order valence-corrected chi connectivity index (χ3v) is 6.77. The molecular weight excluding hydrogens is 326 g/mol. The highest BCUT2D eigenvalue weighted by atomic mass is 32.1. The fraction of sp³-hybridized carbons (Fsp3) is 0.529. The third kappa shape index (κ3) is 2.90. The Balaban J connectivity index is 1.45. The molecule has 1 fully saturated rings. The normalized spacial score (nSPS) is 21.3. The fourth-order valence-electron chi connectivity index (χ4n) is 3.50. The van der Waals surface area contributed by atoms with Crippen molar-refractivity contribution in [2.75, 3.05) is 31.1 Å². The minimum atomic E-state index is 0.232. The first-order valence-corrected chi connectivity index (χ1v) is 10.0. The molecule has 1 amide bonds. The summed E-state index contributed by atoms with van der Waals surface area (Å²) in [5, 5.41) is 5.17. The maximum atomic E-state index is 12.9. The molecule has 23 heavy (non-hydrogen) atoms. The number of thiophene rings is 1. The molecular formula is C17H21N3OS2. The smallest absolute Gasteiger partial charge is 0.255 e. The molecule has 2 aromatic rings. The summed E-state index contributed by atoms with van der Waals surface area (Å²) in [7, 11) is 0. The summed E-state index contributed by atoms with van der Waals surface area (Å²) >= 11 is 3.45. The second-order valence-corrected chi connectivity index (χ2v) is 8.33. The van der Waals surface area contributed by atoms with Gasteiger partial charge in [0.25, 0.3) is 5.91 Å². The van der Waals surface area contributed by atoms with Gasteiger partial charge < -0.3 is 9.80 Å². The van der Waals surface area contributed by atoms with Gasteiger partial charge in [-0.3, -0.25) is 4.79 Å². The molecule has 0 aromatic carbocycles. The van der Waals surface area contributed by atoms with Crippen LogP contribution in [0.5, 0.6) is 0 Å². The molecule has 122 valence electrons. The van der Waals surface area contributed by atoms with E-state index in [9.17, 15) is 4.79 Å². The molecule has 1 aliphatic carbocycles. The van der Waals surface area contributed by atoms with Crippen molar-refractivity contribution < 1.29 is 4.79 Å². The van der Waals surface area contributed by atoms with Crippen LogP contribution in [0.4, 0.5) is 5.13 Å². The van der Waals surface area contributed by atoms with E-state index in [0.29, 0.717) is 0 Å². The lowest BCUT2D eigenvalue weighted by Gasteiger charge is -2.34. The van der Waals surface area contributed by atoms with Crippen molar-refractivity contribution in [3.8, 4) is 0 Å². The summed E-state index contributed by atoms with van der Waals surface area (Å²) < 4.78 is 0. The van der Waals surface area contributed by atoms with E-state index in [1.165, 1.54) is 16.9 Å². The lowest BCUT2D eigenvalue weighted by Crippen LogP contribution is -2.48. The van der Waals surface area contributed by atoms with E-state index in [0.717, 1.165) is 55.6 Å². The molecule has 0 N–H and O–H groups in total. The van der Waals surface area contributed by atoms with Crippen molar-refractivity contribution in [1.29, 1.82) is 0 Å². The van der Waals surface area contributed by atoms with Gasteiger partial charge in [0.1, 0.15) is 0 Å². The molecule has 0 bridgehead atoms. The lowest BCUT2D eigenvalue weighted by molar-refractivity contribution is 0.0746. The predicted octanol–water partition coefficient (Wildman–Crippen LogP) is 3.29. The molecule has 1 aliphatic heterocycles. The molecule has 0 radical (unpaired) electrons. The Morgan fingerprint density at radius 3 is 2.83 bits per heavy atom. The Bertz CT molecular complexity index is 687. The monoisotopic (exact) mass is 347 g/mol. The molecule has 0 spiro atoms. The van der Waals surface area contributed by atoms with E-state index < -0.39 is 0 Å². The van der Waals surface area contributed by atoms with Crippen LogP contribution in [-0.4, -0.2) is 42.0 Å². The molecule has 3 heterocycles. The zero-order valence-electron chi connectivity index (χ0n) is 13.3. The van der Waals surface area contributed by atoms with Gasteiger partial charge in [0.05, 0.1) is 5.56 Å². The number of hydrogen-bond acceptors (Lipinski definition) is 5.